The minimum absolute atomic E-state index is 0.134. The predicted molar refractivity (Wildman–Crippen MR) is 87.4 cm³/mol. The Hall–Kier alpha value is -2.40. The van der Waals surface area contributed by atoms with E-state index >= 15 is 0 Å². The number of allylic oxidation sites excluding steroid dienone is 2. The van der Waals surface area contributed by atoms with Crippen LogP contribution in [0.15, 0.2) is 52.7 Å². The Kier molecular flexibility index (Phi) is 3.27. The average molecular weight is 294 g/mol. The molecule has 0 unspecified atom stereocenters. The molecule has 2 heterocycles. The highest BCUT2D eigenvalue weighted by Gasteiger charge is 2.29. The second kappa shape index (κ2) is 5.42. The number of hydrogen-bond donors (Lipinski definition) is 2. The molecule has 2 N–H and O–H groups in total. The van der Waals surface area contributed by atoms with Crippen LogP contribution in [0.4, 0.5) is 11.4 Å². The molecule has 4 rings (SSSR count). The summed E-state index contributed by atoms with van der Waals surface area (Å²) in [6.45, 7) is 3.57. The molecule has 0 saturated carbocycles. The number of benzene rings is 1. The van der Waals surface area contributed by atoms with Gasteiger partial charge in [0.05, 0.1) is 22.6 Å². The zero-order chi connectivity index (χ0) is 14.9. The van der Waals surface area contributed by atoms with Gasteiger partial charge in [0.2, 0.25) is 0 Å². The third-order valence-electron chi connectivity index (χ3n) is 4.18. The number of para-hydroxylation sites is 2. The van der Waals surface area contributed by atoms with Gasteiger partial charge in [-0.1, -0.05) is 18.2 Å². The molecule has 1 aromatic rings. The van der Waals surface area contributed by atoms with Gasteiger partial charge in [-0.15, -0.1) is 0 Å². The molecule has 1 saturated heterocycles. The Morgan fingerprint density at radius 1 is 1.14 bits per heavy atom. The first kappa shape index (κ1) is 13.3. The van der Waals surface area contributed by atoms with Gasteiger partial charge < -0.3 is 15.5 Å². The Morgan fingerprint density at radius 2 is 1.95 bits per heavy atom. The molecule has 0 amide bonds. The fourth-order valence-electron chi connectivity index (χ4n) is 3.07. The first-order chi connectivity index (χ1) is 10.8. The summed E-state index contributed by atoms with van der Waals surface area (Å²) in [7, 11) is 0. The normalized spacial score (nSPS) is 20.8. The molecule has 0 bridgehead atoms. The monoisotopic (exact) mass is 294 g/mol. The first-order valence-electron chi connectivity index (χ1n) is 7.68. The number of carbonyl (C=O) groups is 1. The largest absolute Gasteiger partial charge is 0.353 e. The van der Waals surface area contributed by atoms with Gasteiger partial charge in [0.25, 0.3) is 0 Å². The Balaban J connectivity index is 1.87. The molecule has 0 atom stereocenters. The molecule has 3 aliphatic rings. The molecule has 22 heavy (non-hydrogen) atoms. The molecule has 0 radical (unpaired) electrons. The summed E-state index contributed by atoms with van der Waals surface area (Å²) in [5.74, 6) is 0.943. The highest BCUT2D eigenvalue weighted by Crippen LogP contribution is 2.33. The Bertz CT molecular complexity index is 711. The van der Waals surface area contributed by atoms with E-state index in [9.17, 15) is 4.79 Å². The topological polar surface area (TPSA) is 56.7 Å². The molecule has 2 aliphatic heterocycles. The minimum atomic E-state index is 0.134. The van der Waals surface area contributed by atoms with E-state index in [4.69, 9.17) is 4.99 Å². The number of piperazine rings is 1. The highest BCUT2D eigenvalue weighted by atomic mass is 16.1. The average Bonchev–Trinajstić information content (AvgIpc) is 2.73. The number of anilines is 1. The molecular weight excluding hydrogens is 276 g/mol. The predicted octanol–water partition coefficient (Wildman–Crippen LogP) is 1.83. The summed E-state index contributed by atoms with van der Waals surface area (Å²) in [4.78, 5) is 19.6. The van der Waals surface area contributed by atoms with Crippen LogP contribution < -0.4 is 10.6 Å². The standard InChI is InChI=1S/C17H18N4O/c22-15-7-3-6-14-16(15)17(21-10-8-18-9-11-21)20-13-5-2-1-4-12(13)19-14/h1-6,18-19H,7-11H2. The van der Waals surface area contributed by atoms with Crippen LogP contribution in [0.1, 0.15) is 6.42 Å². The Morgan fingerprint density at radius 3 is 2.82 bits per heavy atom. The van der Waals surface area contributed by atoms with Gasteiger partial charge in [-0.3, -0.25) is 4.79 Å². The van der Waals surface area contributed by atoms with E-state index in [1.165, 1.54) is 0 Å². The van der Waals surface area contributed by atoms with Crippen molar-refractivity contribution in [3.05, 3.63) is 47.7 Å². The van der Waals surface area contributed by atoms with Crippen molar-refractivity contribution in [2.45, 2.75) is 6.42 Å². The quantitative estimate of drug-likeness (QED) is 0.766. The lowest BCUT2D eigenvalue weighted by Crippen LogP contribution is -2.48. The molecule has 1 fully saturated rings. The van der Waals surface area contributed by atoms with Gasteiger partial charge in [0, 0.05) is 32.6 Å². The van der Waals surface area contributed by atoms with Gasteiger partial charge in [-0.25, -0.2) is 4.99 Å². The van der Waals surface area contributed by atoms with Crippen molar-refractivity contribution >= 4 is 23.0 Å². The third kappa shape index (κ3) is 2.23. The number of Topliss-reactive ketones (excluding diaryl/α,β-unsaturated/α-hetero) is 1. The van der Waals surface area contributed by atoms with Crippen LogP contribution in [0.25, 0.3) is 0 Å². The Labute approximate surface area is 129 Å². The van der Waals surface area contributed by atoms with Crippen molar-refractivity contribution in [1.82, 2.24) is 10.2 Å². The molecule has 112 valence electrons. The SMILES string of the molecule is O=C1CC=CC2=C1C(N1CCNCC1)=Nc1ccccc1N2. The fraction of sp³-hybridized carbons (Fsp3) is 0.294. The van der Waals surface area contributed by atoms with Crippen LogP contribution in [0, 0.1) is 0 Å². The summed E-state index contributed by atoms with van der Waals surface area (Å²) in [6, 6.07) is 7.93. The van der Waals surface area contributed by atoms with Gasteiger partial charge in [-0.2, -0.15) is 0 Å². The number of ketones is 1. The second-order valence-electron chi connectivity index (χ2n) is 5.63. The van der Waals surface area contributed by atoms with E-state index in [0.29, 0.717) is 6.42 Å². The van der Waals surface area contributed by atoms with Crippen molar-refractivity contribution in [3.8, 4) is 0 Å². The molecule has 1 aliphatic carbocycles. The lowest BCUT2D eigenvalue weighted by Gasteiger charge is -2.31. The van der Waals surface area contributed by atoms with Crippen LogP contribution in [0.3, 0.4) is 0 Å². The number of aliphatic imine (C=N–C) groups is 1. The maximum atomic E-state index is 12.5. The van der Waals surface area contributed by atoms with Crippen LogP contribution in [0.5, 0.6) is 0 Å². The van der Waals surface area contributed by atoms with Crippen LogP contribution >= 0.6 is 0 Å². The van der Waals surface area contributed by atoms with E-state index in [0.717, 1.165) is 54.7 Å². The van der Waals surface area contributed by atoms with Crippen LogP contribution in [0.2, 0.25) is 0 Å². The third-order valence-corrected chi connectivity index (χ3v) is 4.18. The van der Waals surface area contributed by atoms with E-state index in [2.05, 4.69) is 15.5 Å². The molecule has 5 heteroatoms. The zero-order valence-electron chi connectivity index (χ0n) is 12.3. The molecular formula is C17H18N4O. The summed E-state index contributed by atoms with van der Waals surface area (Å²) in [5.41, 5.74) is 3.41. The molecule has 5 nitrogen and oxygen atoms in total. The van der Waals surface area contributed by atoms with Gasteiger partial charge in [-0.05, 0) is 18.2 Å². The molecule has 0 aromatic heterocycles. The summed E-state index contributed by atoms with van der Waals surface area (Å²) >= 11 is 0. The van der Waals surface area contributed by atoms with Crippen molar-refractivity contribution in [3.63, 3.8) is 0 Å². The van der Waals surface area contributed by atoms with Gasteiger partial charge in [0.1, 0.15) is 5.84 Å². The maximum Gasteiger partial charge on any atom is 0.172 e. The summed E-state index contributed by atoms with van der Waals surface area (Å²) in [5, 5.41) is 6.72. The number of carbonyl (C=O) groups excluding carboxylic acids is 1. The maximum absolute atomic E-state index is 12.5. The minimum Gasteiger partial charge on any atom is -0.353 e. The molecule has 0 spiro atoms. The van der Waals surface area contributed by atoms with Gasteiger partial charge >= 0.3 is 0 Å². The second-order valence-corrected chi connectivity index (χ2v) is 5.63. The van der Waals surface area contributed by atoms with Crippen molar-refractivity contribution in [2.75, 3.05) is 31.5 Å². The van der Waals surface area contributed by atoms with Crippen molar-refractivity contribution < 1.29 is 4.79 Å². The van der Waals surface area contributed by atoms with E-state index in [1.54, 1.807) is 0 Å². The van der Waals surface area contributed by atoms with E-state index in [-0.39, 0.29) is 5.78 Å². The highest BCUT2D eigenvalue weighted by molar-refractivity contribution is 6.24. The lowest BCUT2D eigenvalue weighted by atomic mass is 9.98. The first-order valence-corrected chi connectivity index (χ1v) is 7.68. The number of hydrogen-bond acceptors (Lipinski definition) is 5. The van der Waals surface area contributed by atoms with E-state index in [1.807, 2.05) is 36.4 Å². The van der Waals surface area contributed by atoms with Crippen LogP contribution in [-0.2, 0) is 4.79 Å². The number of nitrogens with one attached hydrogen (secondary N) is 2. The van der Waals surface area contributed by atoms with Gasteiger partial charge in [0.15, 0.2) is 5.78 Å². The number of nitrogens with zero attached hydrogens (tertiary/aromatic N) is 2. The fourth-order valence-corrected chi connectivity index (χ4v) is 3.07. The lowest BCUT2D eigenvalue weighted by molar-refractivity contribution is -0.114. The number of rotatable bonds is 0. The van der Waals surface area contributed by atoms with Crippen molar-refractivity contribution in [1.29, 1.82) is 0 Å². The zero-order valence-corrected chi connectivity index (χ0v) is 12.3. The van der Waals surface area contributed by atoms with Crippen LogP contribution in [-0.4, -0.2) is 42.7 Å². The van der Waals surface area contributed by atoms with E-state index < -0.39 is 0 Å². The van der Waals surface area contributed by atoms with Crippen molar-refractivity contribution in [2.24, 2.45) is 4.99 Å². The molecule has 1 aromatic carbocycles. The number of amidine groups is 1. The summed E-state index contributed by atoms with van der Waals surface area (Å²) < 4.78 is 0. The smallest absolute Gasteiger partial charge is 0.172 e. The number of fused-ring (bicyclic) bond motifs is 1. The summed E-state index contributed by atoms with van der Waals surface area (Å²) in [6.07, 6.45) is 4.36.